The third-order valence-electron chi connectivity index (χ3n) is 12.2. The Balaban J connectivity index is 0.000000130. The van der Waals surface area contributed by atoms with Gasteiger partial charge in [0, 0.05) is 41.1 Å². The number of fused-ring (bicyclic) bond motifs is 1. The zero-order chi connectivity index (χ0) is 57.7. The van der Waals surface area contributed by atoms with E-state index >= 15 is 0 Å². The van der Waals surface area contributed by atoms with Crippen molar-refractivity contribution < 1.29 is 40.3 Å². The van der Waals surface area contributed by atoms with Crippen LogP contribution in [0.25, 0.3) is 57.2 Å². The van der Waals surface area contributed by atoms with Crippen LogP contribution in [0.2, 0.25) is 15.5 Å². The van der Waals surface area contributed by atoms with Crippen molar-refractivity contribution in [1.82, 2.24) is 75.5 Å². The Morgan fingerprint density at radius 1 is 0.542 bits per heavy atom. The summed E-state index contributed by atoms with van der Waals surface area (Å²) in [7, 11) is 1.27. The molecule has 0 fully saturated rings. The minimum atomic E-state index is -0.912. The van der Waals surface area contributed by atoms with Crippen LogP contribution in [-0.4, -0.2) is 89.7 Å². The van der Waals surface area contributed by atoms with Crippen molar-refractivity contribution in [2.45, 2.75) is 25.8 Å². The summed E-state index contributed by atoms with van der Waals surface area (Å²) < 4.78 is 94.1. The van der Waals surface area contributed by atoms with Crippen LogP contribution in [0.1, 0.15) is 22.4 Å². The van der Waals surface area contributed by atoms with Crippen molar-refractivity contribution in [3.05, 3.63) is 207 Å². The number of methoxy groups -OCH3 is 1. The highest BCUT2D eigenvalue weighted by atomic mass is 35.5. The Bertz CT molecular complexity index is 4210. The number of nitrogens with zero attached hydrogens (tertiary/aromatic N) is 15. The van der Waals surface area contributed by atoms with Gasteiger partial charge in [0.2, 0.25) is 5.82 Å². The number of aromatic nitrogens is 13. The topological polar surface area (TPSA) is 267 Å². The fraction of sp³-hybridized carbons (Fsp3) is 0.0943. The van der Waals surface area contributed by atoms with Crippen LogP contribution in [-0.2, 0) is 19.6 Å². The van der Waals surface area contributed by atoms with E-state index in [2.05, 4.69) is 71.5 Å². The first-order valence-corrected chi connectivity index (χ1v) is 25.4. The Morgan fingerprint density at radius 2 is 0.952 bits per heavy atom. The molecule has 0 spiro atoms. The number of nitrogens with one attached hydrogen (secondary N) is 2. The second kappa shape index (κ2) is 23.9. The lowest BCUT2D eigenvalue weighted by Crippen LogP contribution is -2.34. The van der Waals surface area contributed by atoms with E-state index in [-0.39, 0.29) is 72.2 Å². The molecule has 0 radical (unpaired) electrons. The molecule has 2 aliphatic rings. The van der Waals surface area contributed by atoms with Crippen molar-refractivity contribution in [1.29, 1.82) is 0 Å². The van der Waals surface area contributed by atoms with E-state index in [1.807, 2.05) is 6.07 Å². The minimum Gasteiger partial charge on any atom is -0.479 e. The van der Waals surface area contributed by atoms with Gasteiger partial charge in [-0.3, -0.25) is 19.5 Å². The van der Waals surface area contributed by atoms with Crippen LogP contribution in [0, 0.1) is 29.1 Å². The standard InChI is InChI=1S/C18H12ClF2N5O2.C18H15FN8O.C17H9Cl2F2N5O/c1-27-18-15(21)16(19)22-17(23-18)13-8-14(12-6-7-28-25-12)26(24-13)9-10-4-2-3-5-11(10)20;19-12-4-2-1-3-10(12)9-27-15(13-5-6-28-26-13)7-14(25-27)18-21-8-11-16(20)23-24-17(11)22-18;18-15-14(21)16(19)23-17(22-15)12-7-13(11-5-6-27-25-11)26(24-12)8-9-3-1-2-4-10(9)20/h2-8H,9H2,1H3;1-8,17,24H,9H2,(H2,20,23)(H,21,22);1-7H,8H2. The molecule has 22 nitrogen and oxygen atoms in total. The second-order valence-electron chi connectivity index (χ2n) is 17.5. The molecule has 418 valence electrons. The Kier molecular flexibility index (Phi) is 15.8. The summed E-state index contributed by atoms with van der Waals surface area (Å²) in [4.78, 5) is 20.2. The molecule has 8 aromatic heterocycles. The van der Waals surface area contributed by atoms with Crippen molar-refractivity contribution >= 4 is 46.5 Å². The summed E-state index contributed by atoms with van der Waals surface area (Å²) in [6.07, 6.45) is 5.67. The van der Waals surface area contributed by atoms with Gasteiger partial charge in [-0.2, -0.15) is 29.8 Å². The predicted molar refractivity (Wildman–Crippen MR) is 290 cm³/mol. The van der Waals surface area contributed by atoms with Crippen LogP contribution >= 0.6 is 34.8 Å². The first-order valence-electron chi connectivity index (χ1n) is 24.2. The average Bonchev–Trinajstić information content (AvgIpc) is 4.33. The van der Waals surface area contributed by atoms with Gasteiger partial charge in [0.1, 0.15) is 70.4 Å². The van der Waals surface area contributed by atoms with E-state index in [0.717, 1.165) is 5.57 Å². The lowest BCUT2D eigenvalue weighted by atomic mass is 10.2. The quantitative estimate of drug-likeness (QED) is 0.0716. The largest absolute Gasteiger partial charge is 0.479 e. The van der Waals surface area contributed by atoms with Crippen LogP contribution in [0.4, 0.5) is 22.0 Å². The molecule has 30 heteroatoms. The van der Waals surface area contributed by atoms with Crippen molar-refractivity contribution in [3.8, 4) is 63.1 Å². The maximum Gasteiger partial charge on any atom is 0.255 e. The van der Waals surface area contributed by atoms with Gasteiger partial charge in [0.05, 0.1) is 49.4 Å². The highest BCUT2D eigenvalue weighted by Crippen LogP contribution is 2.31. The number of aliphatic imine (C=N–C) groups is 1. The monoisotopic (exact) mass is 1190 g/mol. The Labute approximate surface area is 478 Å². The van der Waals surface area contributed by atoms with Crippen molar-refractivity contribution in [2.75, 3.05) is 7.11 Å². The molecule has 4 N–H and O–H groups in total. The average molecular weight is 1190 g/mol. The lowest BCUT2D eigenvalue weighted by molar-refractivity contribution is 0.368. The van der Waals surface area contributed by atoms with E-state index in [1.165, 1.54) is 53.5 Å². The fourth-order valence-electron chi connectivity index (χ4n) is 8.23. The Morgan fingerprint density at radius 3 is 1.37 bits per heavy atom. The van der Waals surface area contributed by atoms with Crippen LogP contribution in [0.15, 0.2) is 163 Å². The maximum atomic E-state index is 14.1. The molecule has 1 atom stereocenters. The number of benzene rings is 3. The van der Waals surface area contributed by atoms with Crippen molar-refractivity contribution in [3.63, 3.8) is 0 Å². The number of hydrazone groups is 1. The van der Waals surface area contributed by atoms with E-state index in [1.54, 1.807) is 95.8 Å². The third-order valence-corrected chi connectivity index (χ3v) is 13.0. The van der Waals surface area contributed by atoms with Gasteiger partial charge in [-0.05, 0) is 36.4 Å². The summed E-state index contributed by atoms with van der Waals surface area (Å²) >= 11 is 17.3. The number of rotatable bonds is 13. The van der Waals surface area contributed by atoms with Gasteiger partial charge in [0.25, 0.3) is 5.88 Å². The molecule has 83 heavy (non-hydrogen) atoms. The molecule has 11 aromatic rings. The predicted octanol–water partition coefficient (Wildman–Crippen LogP) is 9.77. The molecule has 0 aliphatic carbocycles. The maximum absolute atomic E-state index is 14.1. The summed E-state index contributed by atoms with van der Waals surface area (Å²) in [5.74, 6) is -2.09. The molecular formula is C53H36Cl3F5N18O4. The summed E-state index contributed by atoms with van der Waals surface area (Å²) in [6, 6.07) is 29.3. The van der Waals surface area contributed by atoms with Gasteiger partial charge < -0.3 is 29.4 Å². The smallest absolute Gasteiger partial charge is 0.255 e. The number of ether oxygens (including phenoxy) is 1. The third kappa shape index (κ3) is 11.9. The van der Waals surface area contributed by atoms with Crippen LogP contribution in [0.3, 0.4) is 0 Å². The second-order valence-corrected chi connectivity index (χ2v) is 18.6. The molecule has 13 rings (SSSR count). The van der Waals surface area contributed by atoms with Crippen LogP contribution < -0.4 is 21.2 Å². The minimum absolute atomic E-state index is 0.0310. The van der Waals surface area contributed by atoms with Gasteiger partial charge >= 0.3 is 0 Å². The van der Waals surface area contributed by atoms with Gasteiger partial charge in [-0.25, -0.2) is 37.5 Å². The number of halogens is 8. The van der Waals surface area contributed by atoms with E-state index < -0.39 is 27.1 Å². The Hall–Kier alpha value is -10.1. The molecule has 0 saturated heterocycles. The molecule has 1 unspecified atom stereocenters. The molecule has 10 heterocycles. The van der Waals surface area contributed by atoms with Gasteiger partial charge in [-0.15, -0.1) is 0 Å². The molecule has 0 bridgehead atoms. The molecule has 3 aromatic carbocycles. The van der Waals surface area contributed by atoms with Gasteiger partial charge in [0.15, 0.2) is 50.8 Å². The first kappa shape index (κ1) is 54.8. The normalized spacial score (nSPS) is 13.4. The summed E-state index contributed by atoms with van der Waals surface area (Å²) in [5, 5.41) is 31.0. The van der Waals surface area contributed by atoms with E-state index in [9.17, 15) is 22.0 Å². The summed E-state index contributed by atoms with van der Waals surface area (Å²) in [5.41, 5.74) is 15.2. The number of nitrogens with two attached hydrogens (primary N) is 1. The number of amidine groups is 2. The molecular weight excluding hydrogens is 1150 g/mol. The molecule has 0 saturated carbocycles. The fourth-order valence-corrected chi connectivity index (χ4v) is 8.78. The molecule has 2 aliphatic heterocycles. The first-order chi connectivity index (χ1) is 40.3. The number of hydrogen-bond donors (Lipinski definition) is 3. The van der Waals surface area contributed by atoms with E-state index in [4.69, 9.17) is 58.8 Å². The zero-order valence-corrected chi connectivity index (χ0v) is 44.6. The molecule has 0 amide bonds. The van der Waals surface area contributed by atoms with Crippen molar-refractivity contribution in [2.24, 2.45) is 15.8 Å². The zero-order valence-electron chi connectivity index (χ0n) is 42.3. The summed E-state index contributed by atoms with van der Waals surface area (Å²) in [6.45, 7) is 0.486. The van der Waals surface area contributed by atoms with Crippen LogP contribution in [0.5, 0.6) is 5.88 Å². The van der Waals surface area contributed by atoms with Gasteiger partial charge in [-0.1, -0.05) is 105 Å². The highest BCUT2D eigenvalue weighted by Gasteiger charge is 2.29. The lowest BCUT2D eigenvalue weighted by Gasteiger charge is -2.16. The SMILES string of the molecule is COc1nc(-c2cc(-c3ccon3)n(Cc3ccccc3F)n2)nc(Cl)c1F.Fc1ccccc1Cn1nc(-c2nc(Cl)c(F)c(Cl)n2)cc1-c1ccon1.NC1=NNC2N=C(c3cc(-c4ccon4)n(Cc4ccccc4F)n3)NC=C12. The highest BCUT2D eigenvalue weighted by molar-refractivity contribution is 6.33. The number of hydrogen-bond acceptors (Lipinski definition) is 19. The van der Waals surface area contributed by atoms with E-state index in [0.29, 0.717) is 68.2 Å².